The fourth-order valence-electron chi connectivity index (χ4n) is 2.25. The highest BCUT2D eigenvalue weighted by molar-refractivity contribution is 5.81. The minimum absolute atomic E-state index is 0.0202. The minimum atomic E-state index is -0.414. The van der Waals surface area contributed by atoms with Crippen molar-refractivity contribution >= 4 is 5.91 Å². The first kappa shape index (κ1) is 16.4. The zero-order chi connectivity index (χ0) is 14.6. The van der Waals surface area contributed by atoms with Gasteiger partial charge in [-0.2, -0.15) is 0 Å². The number of piperazine rings is 1. The smallest absolute Gasteiger partial charge is 0.237 e. The van der Waals surface area contributed by atoms with Crippen LogP contribution in [0.1, 0.15) is 27.7 Å². The lowest BCUT2D eigenvalue weighted by Gasteiger charge is -2.43. The molecule has 3 N–H and O–H groups in total. The lowest BCUT2D eigenvalue weighted by atomic mass is 10.00. The Balaban J connectivity index is 2.44. The summed E-state index contributed by atoms with van der Waals surface area (Å²) in [5, 5.41) is 2.99. The van der Waals surface area contributed by atoms with Crippen LogP contribution in [0.2, 0.25) is 0 Å². The van der Waals surface area contributed by atoms with E-state index < -0.39 is 6.04 Å². The van der Waals surface area contributed by atoms with Crippen molar-refractivity contribution < 1.29 is 4.79 Å². The van der Waals surface area contributed by atoms with Crippen molar-refractivity contribution in [2.24, 2.45) is 11.7 Å². The van der Waals surface area contributed by atoms with Gasteiger partial charge >= 0.3 is 0 Å². The summed E-state index contributed by atoms with van der Waals surface area (Å²) in [5.41, 5.74) is 5.83. The first-order valence-corrected chi connectivity index (χ1v) is 7.21. The fourth-order valence-corrected chi connectivity index (χ4v) is 2.25. The van der Waals surface area contributed by atoms with Gasteiger partial charge in [0.1, 0.15) is 0 Å². The topological polar surface area (TPSA) is 61.6 Å². The van der Waals surface area contributed by atoms with Gasteiger partial charge in [-0.25, -0.2) is 0 Å². The summed E-state index contributed by atoms with van der Waals surface area (Å²) in [6.07, 6.45) is 0. The van der Waals surface area contributed by atoms with Crippen molar-refractivity contribution in [3.05, 3.63) is 0 Å². The highest BCUT2D eigenvalue weighted by Crippen LogP contribution is 2.15. The molecule has 0 radical (unpaired) electrons. The molecule has 0 aliphatic carbocycles. The molecule has 5 heteroatoms. The van der Waals surface area contributed by atoms with Gasteiger partial charge in [0.15, 0.2) is 0 Å². The van der Waals surface area contributed by atoms with Gasteiger partial charge in [-0.1, -0.05) is 13.8 Å². The number of hydrogen-bond donors (Lipinski definition) is 2. The highest BCUT2D eigenvalue weighted by atomic mass is 16.2. The predicted molar refractivity (Wildman–Crippen MR) is 79.0 cm³/mol. The second-order valence-corrected chi connectivity index (χ2v) is 6.59. The number of likely N-dealkylation sites (N-methyl/N-ethyl adjacent to an activating group) is 1. The van der Waals surface area contributed by atoms with Crippen LogP contribution in [0.25, 0.3) is 0 Å². The molecule has 1 fully saturated rings. The maximum atomic E-state index is 11.9. The molecule has 0 aromatic rings. The van der Waals surface area contributed by atoms with E-state index in [-0.39, 0.29) is 17.4 Å². The number of carbonyl (C=O) groups excluding carboxylic acids is 1. The van der Waals surface area contributed by atoms with E-state index in [0.29, 0.717) is 6.54 Å². The Morgan fingerprint density at radius 2 is 1.79 bits per heavy atom. The molecule has 1 amide bonds. The van der Waals surface area contributed by atoms with Gasteiger partial charge in [0.2, 0.25) is 5.91 Å². The predicted octanol–water partition coefficient (Wildman–Crippen LogP) is 0.112. The van der Waals surface area contributed by atoms with Crippen LogP contribution in [0.3, 0.4) is 0 Å². The Hall–Kier alpha value is -0.650. The van der Waals surface area contributed by atoms with E-state index in [9.17, 15) is 4.79 Å². The van der Waals surface area contributed by atoms with Crippen molar-refractivity contribution in [3.63, 3.8) is 0 Å². The molecule has 1 aliphatic rings. The molecule has 0 spiro atoms. The maximum Gasteiger partial charge on any atom is 0.237 e. The Morgan fingerprint density at radius 1 is 1.26 bits per heavy atom. The number of nitrogens with one attached hydrogen (secondary N) is 1. The summed E-state index contributed by atoms with van der Waals surface area (Å²) in [7, 11) is 2.15. The Kier molecular flexibility index (Phi) is 5.77. The summed E-state index contributed by atoms with van der Waals surface area (Å²) >= 11 is 0. The average Bonchev–Trinajstić information content (AvgIpc) is 2.35. The van der Waals surface area contributed by atoms with Gasteiger partial charge in [0, 0.05) is 38.3 Å². The van der Waals surface area contributed by atoms with E-state index in [1.807, 2.05) is 13.8 Å². The van der Waals surface area contributed by atoms with Gasteiger partial charge in [-0.05, 0) is 26.8 Å². The monoisotopic (exact) mass is 270 g/mol. The number of carbonyl (C=O) groups is 1. The number of amides is 1. The van der Waals surface area contributed by atoms with Crippen molar-refractivity contribution in [3.8, 4) is 0 Å². The molecule has 1 unspecified atom stereocenters. The van der Waals surface area contributed by atoms with E-state index in [4.69, 9.17) is 5.73 Å². The first-order chi connectivity index (χ1) is 8.74. The molecule has 1 saturated heterocycles. The van der Waals surface area contributed by atoms with Crippen LogP contribution >= 0.6 is 0 Å². The fraction of sp³-hybridized carbons (Fsp3) is 0.929. The van der Waals surface area contributed by atoms with E-state index >= 15 is 0 Å². The third-order valence-corrected chi connectivity index (χ3v) is 4.08. The van der Waals surface area contributed by atoms with Crippen molar-refractivity contribution in [1.29, 1.82) is 0 Å². The molecular formula is C14H30N4O. The van der Waals surface area contributed by atoms with Crippen LogP contribution in [0.4, 0.5) is 0 Å². The molecule has 0 saturated carbocycles. The maximum absolute atomic E-state index is 11.9. The largest absolute Gasteiger partial charge is 0.353 e. The SMILES string of the molecule is CC(C)C(N)C(=O)NCC(C)(C)N1CCN(C)CC1. The standard InChI is InChI=1S/C14H30N4O/c1-11(2)12(15)13(19)16-10-14(3,4)18-8-6-17(5)7-9-18/h11-12H,6-10,15H2,1-5H3,(H,16,19). The van der Waals surface area contributed by atoms with Crippen LogP contribution in [0.15, 0.2) is 0 Å². The molecule has 0 aromatic carbocycles. The number of hydrogen-bond acceptors (Lipinski definition) is 4. The molecule has 1 heterocycles. The van der Waals surface area contributed by atoms with E-state index in [2.05, 4.69) is 36.0 Å². The summed E-state index contributed by atoms with van der Waals surface area (Å²) in [6.45, 7) is 13.2. The van der Waals surface area contributed by atoms with Gasteiger partial charge in [0.25, 0.3) is 0 Å². The van der Waals surface area contributed by atoms with E-state index in [0.717, 1.165) is 26.2 Å². The second kappa shape index (κ2) is 6.68. The molecule has 1 atom stereocenters. The van der Waals surface area contributed by atoms with Crippen molar-refractivity contribution in [1.82, 2.24) is 15.1 Å². The van der Waals surface area contributed by atoms with Crippen LogP contribution < -0.4 is 11.1 Å². The van der Waals surface area contributed by atoms with E-state index in [1.165, 1.54) is 0 Å². The van der Waals surface area contributed by atoms with Crippen LogP contribution in [-0.4, -0.2) is 67.1 Å². The Labute approximate surface area is 117 Å². The van der Waals surface area contributed by atoms with Crippen LogP contribution in [-0.2, 0) is 4.79 Å². The van der Waals surface area contributed by atoms with Gasteiger partial charge in [-0.15, -0.1) is 0 Å². The van der Waals surface area contributed by atoms with Gasteiger partial charge in [-0.3, -0.25) is 9.69 Å². The highest BCUT2D eigenvalue weighted by Gasteiger charge is 2.30. The zero-order valence-electron chi connectivity index (χ0n) is 13.1. The first-order valence-electron chi connectivity index (χ1n) is 7.21. The molecule has 1 rings (SSSR count). The van der Waals surface area contributed by atoms with Crippen molar-refractivity contribution in [2.45, 2.75) is 39.3 Å². The third-order valence-electron chi connectivity index (χ3n) is 4.08. The van der Waals surface area contributed by atoms with Crippen molar-refractivity contribution in [2.75, 3.05) is 39.8 Å². The second-order valence-electron chi connectivity index (χ2n) is 6.59. The molecule has 5 nitrogen and oxygen atoms in total. The summed E-state index contributed by atoms with van der Waals surface area (Å²) in [6, 6.07) is -0.414. The number of rotatable bonds is 5. The minimum Gasteiger partial charge on any atom is -0.353 e. The Morgan fingerprint density at radius 3 is 2.26 bits per heavy atom. The molecule has 0 aromatic heterocycles. The summed E-state index contributed by atoms with van der Waals surface area (Å²) in [4.78, 5) is 16.7. The van der Waals surface area contributed by atoms with Crippen LogP contribution in [0, 0.1) is 5.92 Å². The van der Waals surface area contributed by atoms with Crippen LogP contribution in [0.5, 0.6) is 0 Å². The zero-order valence-corrected chi connectivity index (χ0v) is 13.1. The summed E-state index contributed by atoms with van der Waals surface area (Å²) in [5.74, 6) is 0.129. The molecule has 0 bridgehead atoms. The van der Waals surface area contributed by atoms with Gasteiger partial charge < -0.3 is 16.0 Å². The normalized spacial score (nSPS) is 20.6. The molecule has 19 heavy (non-hydrogen) atoms. The quantitative estimate of drug-likeness (QED) is 0.744. The molecule has 1 aliphatic heterocycles. The Bertz CT molecular complexity index is 296. The average molecular weight is 270 g/mol. The van der Waals surface area contributed by atoms with E-state index in [1.54, 1.807) is 0 Å². The third kappa shape index (κ3) is 4.75. The molecule has 112 valence electrons. The lowest BCUT2D eigenvalue weighted by molar-refractivity contribution is -0.123. The number of nitrogens with zero attached hydrogens (tertiary/aromatic N) is 2. The molecular weight excluding hydrogens is 240 g/mol. The number of nitrogens with two attached hydrogens (primary N) is 1. The lowest BCUT2D eigenvalue weighted by Crippen LogP contribution is -2.59. The summed E-state index contributed by atoms with van der Waals surface area (Å²) < 4.78 is 0. The van der Waals surface area contributed by atoms with Gasteiger partial charge in [0.05, 0.1) is 6.04 Å².